The summed E-state index contributed by atoms with van der Waals surface area (Å²) in [6.45, 7) is 1.85. The number of nitro benzene ring substituents is 1. The Morgan fingerprint density at radius 3 is 2.22 bits per heavy atom. The van der Waals surface area contributed by atoms with Gasteiger partial charge in [-0.1, -0.05) is 23.7 Å². The van der Waals surface area contributed by atoms with Gasteiger partial charge in [-0.15, -0.1) is 0 Å². The van der Waals surface area contributed by atoms with E-state index >= 15 is 0 Å². The Labute approximate surface area is 136 Å². The van der Waals surface area contributed by atoms with E-state index < -0.39 is 16.7 Å². The molecule has 118 valence electrons. The minimum atomic E-state index is -0.942. The molecule has 2 aromatic carbocycles. The summed E-state index contributed by atoms with van der Waals surface area (Å²) in [5.74, 6) is -1.82. The van der Waals surface area contributed by atoms with Gasteiger partial charge in [0.05, 0.1) is 4.92 Å². The molecule has 7 nitrogen and oxygen atoms in total. The predicted octanol–water partition coefficient (Wildman–Crippen LogP) is 3.13. The molecule has 0 bridgehead atoms. The van der Waals surface area contributed by atoms with E-state index in [1.807, 2.05) is 13.0 Å². The standard InChI is InChI=1S/C15H12ClN3O4/c1-9-3-2-4-10(7-9)17-14(20)15(21)18-11-5-6-12(16)13(8-11)19(22)23/h2-8H,1H3,(H,17,20)(H,18,21). The maximum atomic E-state index is 11.8. The first-order chi connectivity index (χ1) is 10.9. The van der Waals surface area contributed by atoms with Crippen LogP contribution in [0, 0.1) is 17.0 Å². The highest BCUT2D eigenvalue weighted by molar-refractivity contribution is 6.43. The molecule has 0 aliphatic heterocycles. The number of anilines is 2. The van der Waals surface area contributed by atoms with E-state index in [9.17, 15) is 19.7 Å². The van der Waals surface area contributed by atoms with E-state index in [1.54, 1.807) is 18.2 Å². The molecular weight excluding hydrogens is 322 g/mol. The molecule has 0 heterocycles. The van der Waals surface area contributed by atoms with E-state index in [0.717, 1.165) is 11.6 Å². The molecule has 2 rings (SSSR count). The number of nitrogens with zero attached hydrogens (tertiary/aromatic N) is 1. The number of carbonyl (C=O) groups excluding carboxylic acids is 2. The first kappa shape index (κ1) is 16.4. The lowest BCUT2D eigenvalue weighted by Gasteiger charge is -2.07. The quantitative estimate of drug-likeness (QED) is 0.511. The van der Waals surface area contributed by atoms with E-state index in [1.165, 1.54) is 12.1 Å². The summed E-state index contributed by atoms with van der Waals surface area (Å²) in [7, 11) is 0. The number of nitrogens with one attached hydrogen (secondary N) is 2. The second kappa shape index (κ2) is 6.89. The third-order valence-electron chi connectivity index (χ3n) is 2.88. The molecule has 23 heavy (non-hydrogen) atoms. The molecule has 2 aromatic rings. The van der Waals surface area contributed by atoms with E-state index in [0.29, 0.717) is 5.69 Å². The number of hydrogen-bond donors (Lipinski definition) is 2. The van der Waals surface area contributed by atoms with Gasteiger partial charge in [0, 0.05) is 17.4 Å². The van der Waals surface area contributed by atoms with Crippen molar-refractivity contribution in [1.29, 1.82) is 0 Å². The van der Waals surface area contributed by atoms with Gasteiger partial charge in [0.15, 0.2) is 0 Å². The average Bonchev–Trinajstić information content (AvgIpc) is 2.48. The maximum absolute atomic E-state index is 11.8. The highest BCUT2D eigenvalue weighted by Gasteiger charge is 2.17. The van der Waals surface area contributed by atoms with E-state index in [2.05, 4.69) is 10.6 Å². The predicted molar refractivity (Wildman–Crippen MR) is 86.5 cm³/mol. The molecule has 0 atom stereocenters. The zero-order chi connectivity index (χ0) is 17.0. The maximum Gasteiger partial charge on any atom is 0.314 e. The molecule has 0 saturated carbocycles. The highest BCUT2D eigenvalue weighted by Crippen LogP contribution is 2.27. The van der Waals surface area contributed by atoms with Gasteiger partial charge in [-0.05, 0) is 36.8 Å². The fourth-order valence-corrected chi connectivity index (χ4v) is 2.02. The lowest BCUT2D eigenvalue weighted by atomic mass is 10.2. The number of hydrogen-bond acceptors (Lipinski definition) is 4. The summed E-state index contributed by atoms with van der Waals surface area (Å²) in [6, 6.07) is 10.7. The van der Waals surface area contributed by atoms with Crippen molar-refractivity contribution in [3.63, 3.8) is 0 Å². The summed E-state index contributed by atoms with van der Waals surface area (Å²) in [5.41, 5.74) is 1.15. The smallest absolute Gasteiger partial charge is 0.314 e. The molecule has 8 heteroatoms. The molecule has 0 unspecified atom stereocenters. The van der Waals surface area contributed by atoms with Crippen molar-refractivity contribution in [2.24, 2.45) is 0 Å². The molecule has 0 fully saturated rings. The summed E-state index contributed by atoms with van der Waals surface area (Å²) in [4.78, 5) is 33.8. The fraction of sp³-hybridized carbons (Fsp3) is 0.0667. The van der Waals surface area contributed by atoms with Crippen LogP contribution in [0.5, 0.6) is 0 Å². The molecule has 0 saturated heterocycles. The van der Waals surface area contributed by atoms with Gasteiger partial charge in [-0.3, -0.25) is 19.7 Å². The van der Waals surface area contributed by atoms with Gasteiger partial charge in [0.2, 0.25) is 0 Å². The number of halogens is 1. The second-order valence-corrected chi connectivity index (χ2v) is 5.11. The first-order valence-corrected chi connectivity index (χ1v) is 6.87. The van der Waals surface area contributed by atoms with Crippen LogP contribution in [-0.4, -0.2) is 16.7 Å². The van der Waals surface area contributed by atoms with E-state index in [4.69, 9.17) is 11.6 Å². The van der Waals surface area contributed by atoms with Gasteiger partial charge < -0.3 is 10.6 Å². The number of nitro groups is 1. The minimum Gasteiger partial charge on any atom is -0.318 e. The number of rotatable bonds is 3. The number of benzene rings is 2. The van der Waals surface area contributed by atoms with Crippen LogP contribution < -0.4 is 10.6 Å². The van der Waals surface area contributed by atoms with Crippen LogP contribution in [0.1, 0.15) is 5.56 Å². The van der Waals surface area contributed by atoms with Crippen LogP contribution >= 0.6 is 11.6 Å². The SMILES string of the molecule is Cc1cccc(NC(=O)C(=O)Nc2ccc(Cl)c([N+](=O)[O-])c2)c1. The summed E-state index contributed by atoms with van der Waals surface area (Å²) < 4.78 is 0. The van der Waals surface area contributed by atoms with Crippen molar-refractivity contribution in [3.05, 3.63) is 63.2 Å². The normalized spacial score (nSPS) is 10.0. The topological polar surface area (TPSA) is 101 Å². The van der Waals surface area contributed by atoms with Crippen LogP contribution in [0.2, 0.25) is 5.02 Å². The molecule has 2 amide bonds. The monoisotopic (exact) mass is 333 g/mol. The van der Waals surface area contributed by atoms with Crippen LogP contribution in [-0.2, 0) is 9.59 Å². The average molecular weight is 334 g/mol. The Morgan fingerprint density at radius 2 is 1.65 bits per heavy atom. The molecule has 2 N–H and O–H groups in total. The van der Waals surface area contributed by atoms with Crippen LogP contribution in [0.3, 0.4) is 0 Å². The molecule has 0 spiro atoms. The Bertz CT molecular complexity index is 792. The molecule has 0 aromatic heterocycles. The highest BCUT2D eigenvalue weighted by atomic mass is 35.5. The Kier molecular flexibility index (Phi) is 4.92. The molecular formula is C15H12ClN3O4. The first-order valence-electron chi connectivity index (χ1n) is 6.50. The van der Waals surface area contributed by atoms with Gasteiger partial charge >= 0.3 is 11.8 Å². The second-order valence-electron chi connectivity index (χ2n) is 4.70. The number of amides is 2. The van der Waals surface area contributed by atoms with Gasteiger partial charge in [-0.2, -0.15) is 0 Å². The summed E-state index contributed by atoms with van der Waals surface area (Å²) in [6.07, 6.45) is 0. The lowest BCUT2D eigenvalue weighted by Crippen LogP contribution is -2.29. The summed E-state index contributed by atoms with van der Waals surface area (Å²) >= 11 is 5.68. The fourth-order valence-electron chi connectivity index (χ4n) is 1.83. The van der Waals surface area contributed by atoms with Crippen molar-refractivity contribution in [2.75, 3.05) is 10.6 Å². The zero-order valence-electron chi connectivity index (χ0n) is 12.0. The zero-order valence-corrected chi connectivity index (χ0v) is 12.8. The van der Waals surface area contributed by atoms with Crippen LogP contribution in [0.25, 0.3) is 0 Å². The molecule has 0 radical (unpaired) electrons. The van der Waals surface area contributed by atoms with Crippen molar-refractivity contribution >= 4 is 40.5 Å². The number of carbonyl (C=O) groups is 2. The van der Waals surface area contributed by atoms with Crippen molar-refractivity contribution in [2.45, 2.75) is 6.92 Å². The number of aryl methyl sites for hydroxylation is 1. The molecule has 0 aliphatic carbocycles. The van der Waals surface area contributed by atoms with Gasteiger partial charge in [-0.25, -0.2) is 0 Å². The Morgan fingerprint density at radius 1 is 1.04 bits per heavy atom. The summed E-state index contributed by atoms with van der Waals surface area (Å²) in [5, 5.41) is 15.5. The molecule has 0 aliphatic rings. The van der Waals surface area contributed by atoms with Gasteiger partial charge in [0.1, 0.15) is 5.02 Å². The van der Waals surface area contributed by atoms with Crippen molar-refractivity contribution < 1.29 is 14.5 Å². The third-order valence-corrected chi connectivity index (χ3v) is 3.20. The van der Waals surface area contributed by atoms with Crippen LogP contribution in [0.15, 0.2) is 42.5 Å². The Balaban J connectivity index is 2.08. The van der Waals surface area contributed by atoms with E-state index in [-0.39, 0.29) is 16.4 Å². The largest absolute Gasteiger partial charge is 0.318 e. The third kappa shape index (κ3) is 4.27. The van der Waals surface area contributed by atoms with Crippen molar-refractivity contribution in [3.8, 4) is 0 Å². The Hall–Kier alpha value is -2.93. The minimum absolute atomic E-state index is 0.0581. The van der Waals surface area contributed by atoms with Gasteiger partial charge in [0.25, 0.3) is 5.69 Å². The lowest BCUT2D eigenvalue weighted by molar-refractivity contribution is -0.384. The van der Waals surface area contributed by atoms with Crippen LogP contribution in [0.4, 0.5) is 17.1 Å². The van der Waals surface area contributed by atoms with Crippen molar-refractivity contribution in [1.82, 2.24) is 0 Å².